The van der Waals surface area contributed by atoms with Crippen LogP contribution in [-0.2, 0) is 0 Å². The van der Waals surface area contributed by atoms with Crippen LogP contribution in [0.3, 0.4) is 0 Å². The van der Waals surface area contributed by atoms with Crippen LogP contribution in [0.1, 0.15) is 0 Å². The van der Waals surface area contributed by atoms with Gasteiger partial charge in [0.1, 0.15) is 0 Å². The molecular weight excluding hydrogens is 263 g/mol. The van der Waals surface area contributed by atoms with Crippen molar-refractivity contribution in [3.63, 3.8) is 0 Å². The maximum absolute atomic E-state index is 2.35. The Hall–Kier alpha value is -0.761. The van der Waals surface area contributed by atoms with Crippen LogP contribution in [0.25, 0.3) is 0 Å². The molecule has 2 rings (SSSR count). The molecule has 0 aromatic rings. The van der Waals surface area contributed by atoms with Gasteiger partial charge in [-0.2, -0.15) is 0 Å². The summed E-state index contributed by atoms with van der Waals surface area (Å²) in [5.41, 5.74) is 1.39. The molecule has 0 saturated heterocycles. The summed E-state index contributed by atoms with van der Waals surface area (Å²) >= 11 is -0.424. The first-order valence-corrected chi connectivity index (χ1v) is 7.40. The number of hydrogen-bond acceptors (Lipinski definition) is 0. The first kappa shape index (κ1) is 8.82. The molecule has 1 aliphatic carbocycles. The van der Waals surface area contributed by atoms with Crippen molar-refractivity contribution in [1.29, 1.82) is 0 Å². The van der Waals surface area contributed by atoms with Crippen molar-refractivity contribution >= 4 is 21.1 Å². The van der Waals surface area contributed by atoms with Gasteiger partial charge in [0.25, 0.3) is 0 Å². The van der Waals surface area contributed by atoms with Crippen molar-refractivity contribution in [2.24, 2.45) is 0 Å². The molecule has 0 nitrogen and oxygen atoms in total. The second-order valence-electron chi connectivity index (χ2n) is 2.83. The summed E-state index contributed by atoms with van der Waals surface area (Å²) in [6, 6.07) is 0. The topological polar surface area (TPSA) is 0 Å². The molecule has 0 saturated carbocycles. The maximum atomic E-state index is 2.35. The molecule has 62 valence electrons. The Bertz CT molecular complexity index is 363. The molecule has 0 atom stereocenters. The van der Waals surface area contributed by atoms with E-state index in [1.807, 2.05) is 0 Å². The molecule has 13 heavy (non-hydrogen) atoms. The first-order valence-electron chi connectivity index (χ1n) is 4.32. The number of rotatable bonds is 0. The molecule has 0 unspecified atom stereocenters. The Labute approximate surface area is 88.9 Å². The molecule has 0 amide bonds. The summed E-state index contributed by atoms with van der Waals surface area (Å²) in [5, 5.41) is 0. The Kier molecular flexibility index (Phi) is 3.03. The molecule has 1 heterocycles. The van der Waals surface area contributed by atoms with E-state index in [0.29, 0.717) is 0 Å². The number of fused-ring (bicyclic) bond motifs is 1. The van der Waals surface area contributed by atoms with E-state index in [9.17, 15) is 0 Å². The Morgan fingerprint density at radius 3 is 2.62 bits per heavy atom. The van der Waals surface area contributed by atoms with E-state index in [4.69, 9.17) is 0 Å². The molecule has 1 aliphatic heterocycles. The third kappa shape index (κ3) is 2.34. The van der Waals surface area contributed by atoms with Crippen LogP contribution in [0.5, 0.6) is 0 Å². The molecule has 0 fully saturated rings. The van der Waals surface area contributed by atoms with E-state index in [1.165, 1.54) is 5.57 Å². The fourth-order valence-corrected chi connectivity index (χ4v) is 3.82. The quantitative estimate of drug-likeness (QED) is 0.595. The van der Waals surface area contributed by atoms with E-state index in [0.717, 1.165) is 0 Å². The molecule has 0 bridgehead atoms. The summed E-state index contributed by atoms with van der Waals surface area (Å²) in [6.07, 6.45) is 19.3. The zero-order valence-electron chi connectivity index (χ0n) is 7.27. The fraction of sp³-hybridized carbons (Fsp3) is 0. The van der Waals surface area contributed by atoms with Gasteiger partial charge in [-0.3, -0.25) is 0 Å². The molecule has 0 spiro atoms. The molecule has 0 aromatic carbocycles. The minimum atomic E-state index is -0.424. The monoisotopic (exact) mass is 274 g/mol. The molecule has 2 aliphatic rings. The van der Waals surface area contributed by atoms with Crippen LogP contribution >= 0.6 is 0 Å². The van der Waals surface area contributed by atoms with Crippen molar-refractivity contribution < 1.29 is 0 Å². The molecule has 1 heteroatoms. The van der Waals surface area contributed by atoms with Crippen LogP contribution in [0.15, 0.2) is 67.9 Å². The van der Waals surface area contributed by atoms with E-state index < -0.39 is 21.1 Å². The van der Waals surface area contributed by atoms with E-state index in [-0.39, 0.29) is 0 Å². The number of allylic oxidation sites excluding steroid dienone is 11. The summed E-state index contributed by atoms with van der Waals surface area (Å²) in [5.74, 6) is 0. The molecule has 0 aromatic heterocycles. The van der Waals surface area contributed by atoms with Gasteiger partial charge < -0.3 is 0 Å². The first-order chi connectivity index (χ1) is 6.47. The Morgan fingerprint density at radius 2 is 1.62 bits per heavy atom. The van der Waals surface area contributed by atoms with E-state index in [2.05, 4.69) is 58.8 Å². The second kappa shape index (κ2) is 4.47. The van der Waals surface area contributed by atoms with Gasteiger partial charge in [-0.25, -0.2) is 0 Å². The van der Waals surface area contributed by atoms with Crippen LogP contribution in [0.4, 0.5) is 0 Å². The third-order valence-electron chi connectivity index (χ3n) is 1.90. The molecule has 0 N–H and O–H groups in total. The van der Waals surface area contributed by atoms with Gasteiger partial charge in [-0.15, -0.1) is 0 Å². The Morgan fingerprint density at radius 1 is 0.769 bits per heavy atom. The molecule has 2 radical (unpaired) electrons. The predicted molar refractivity (Wildman–Crippen MR) is 58.5 cm³/mol. The third-order valence-corrected chi connectivity index (χ3v) is 5.12. The average molecular weight is 273 g/mol. The van der Waals surface area contributed by atoms with Gasteiger partial charge in [0.2, 0.25) is 0 Å². The van der Waals surface area contributed by atoms with Gasteiger partial charge in [0.05, 0.1) is 0 Å². The predicted octanol–water partition coefficient (Wildman–Crippen LogP) is 2.71. The van der Waals surface area contributed by atoms with Gasteiger partial charge >= 0.3 is 89.1 Å². The summed E-state index contributed by atoms with van der Waals surface area (Å²) in [6.45, 7) is 0. The summed E-state index contributed by atoms with van der Waals surface area (Å²) in [7, 11) is 0. The number of hydrogen-bond donors (Lipinski definition) is 0. The second-order valence-corrected chi connectivity index (χ2v) is 6.15. The standard InChI is InChI=1S/C12H10.Sn/c1-2-9-12-10-7-5-3-4-6-8-11-12;/h1-10H;/b2-1?,5-3-,6-4-,10-7-,11-8?,12-9?;. The normalized spacial score (nSPS) is 31.1. The van der Waals surface area contributed by atoms with Crippen LogP contribution in [0.2, 0.25) is 0 Å². The minimum absolute atomic E-state index is 0.424. The van der Waals surface area contributed by atoms with Crippen LogP contribution in [-0.4, -0.2) is 21.1 Å². The van der Waals surface area contributed by atoms with Crippen molar-refractivity contribution in [2.45, 2.75) is 0 Å². The van der Waals surface area contributed by atoms with Gasteiger partial charge in [-0.05, 0) is 0 Å². The fourth-order valence-electron chi connectivity index (χ4n) is 1.26. The summed E-state index contributed by atoms with van der Waals surface area (Å²) in [4.78, 5) is 0. The van der Waals surface area contributed by atoms with Crippen LogP contribution in [0, 0.1) is 0 Å². The summed E-state index contributed by atoms with van der Waals surface area (Å²) < 4.78 is 3.91. The van der Waals surface area contributed by atoms with Gasteiger partial charge in [0, 0.05) is 0 Å². The van der Waals surface area contributed by atoms with Crippen molar-refractivity contribution in [3.8, 4) is 0 Å². The van der Waals surface area contributed by atoms with Crippen molar-refractivity contribution in [2.75, 3.05) is 0 Å². The average Bonchev–Trinajstić information content (AvgIpc) is 2.28. The van der Waals surface area contributed by atoms with Crippen molar-refractivity contribution in [1.82, 2.24) is 0 Å². The zero-order chi connectivity index (χ0) is 8.93. The SMILES string of the molecule is C1=[CH][Sn]\[C]2=C/C=C\C=C/C=C\C2=C1. The molecular formula is C12H10Sn. The van der Waals surface area contributed by atoms with Crippen LogP contribution < -0.4 is 0 Å². The van der Waals surface area contributed by atoms with Crippen molar-refractivity contribution in [3.05, 3.63) is 67.9 Å². The van der Waals surface area contributed by atoms with Gasteiger partial charge in [0.15, 0.2) is 0 Å². The zero-order valence-corrected chi connectivity index (χ0v) is 10.1. The van der Waals surface area contributed by atoms with E-state index in [1.54, 1.807) is 3.59 Å². The van der Waals surface area contributed by atoms with Gasteiger partial charge in [-0.1, -0.05) is 0 Å². The van der Waals surface area contributed by atoms with E-state index >= 15 is 0 Å². The Balaban J connectivity index is 2.39.